The van der Waals surface area contributed by atoms with Gasteiger partial charge in [-0.2, -0.15) is 0 Å². The maximum Gasteiger partial charge on any atom is 0.251 e. The van der Waals surface area contributed by atoms with E-state index in [9.17, 15) is 4.79 Å². The molecule has 2 fully saturated rings. The first-order chi connectivity index (χ1) is 13.1. The van der Waals surface area contributed by atoms with E-state index >= 15 is 0 Å². The first-order valence-corrected chi connectivity index (χ1v) is 9.68. The van der Waals surface area contributed by atoms with Crippen LogP contribution in [0.2, 0.25) is 5.02 Å². The van der Waals surface area contributed by atoms with Crippen LogP contribution < -0.4 is 10.1 Å². The average molecular weight is 523 g/mol. The molecule has 9 heteroatoms. The van der Waals surface area contributed by atoms with Crippen LogP contribution in [0.1, 0.15) is 18.4 Å². The number of carbonyl (C=O) groups is 1. The third-order valence-electron chi connectivity index (χ3n) is 4.99. The molecule has 0 radical (unpaired) electrons. The summed E-state index contributed by atoms with van der Waals surface area (Å²) in [7, 11) is 3.41. The molecule has 0 saturated carbocycles. The van der Waals surface area contributed by atoms with Crippen molar-refractivity contribution in [3.8, 4) is 5.75 Å². The topological polar surface area (TPSA) is 66.4 Å². The van der Waals surface area contributed by atoms with Gasteiger partial charge in [0, 0.05) is 57.0 Å². The molecule has 1 aromatic rings. The zero-order valence-electron chi connectivity index (χ0n) is 16.3. The van der Waals surface area contributed by atoms with E-state index in [1.165, 1.54) is 0 Å². The van der Waals surface area contributed by atoms with Crippen LogP contribution in [0.4, 0.5) is 0 Å². The van der Waals surface area contributed by atoms with E-state index in [1.54, 1.807) is 14.2 Å². The zero-order chi connectivity index (χ0) is 19.2. The summed E-state index contributed by atoms with van der Waals surface area (Å²) in [5, 5.41) is 4.04. The van der Waals surface area contributed by atoms with Crippen molar-refractivity contribution in [3.63, 3.8) is 0 Å². The van der Waals surface area contributed by atoms with E-state index < -0.39 is 0 Å². The van der Waals surface area contributed by atoms with E-state index in [-0.39, 0.29) is 36.0 Å². The minimum absolute atomic E-state index is 0. The summed E-state index contributed by atoms with van der Waals surface area (Å²) in [6, 6.07) is 5.56. The molecular weight excluding hydrogens is 495 g/mol. The molecule has 0 aliphatic carbocycles. The van der Waals surface area contributed by atoms with Crippen LogP contribution in [-0.2, 0) is 16.1 Å². The van der Waals surface area contributed by atoms with Gasteiger partial charge in [0.25, 0.3) is 5.91 Å². The fraction of sp³-hybridized carbons (Fsp3) is 0.579. The summed E-state index contributed by atoms with van der Waals surface area (Å²) < 4.78 is 10.9. The zero-order valence-corrected chi connectivity index (χ0v) is 19.4. The predicted molar refractivity (Wildman–Crippen MR) is 121 cm³/mol. The van der Waals surface area contributed by atoms with E-state index in [0.29, 0.717) is 31.3 Å². The Morgan fingerprint density at radius 1 is 1.32 bits per heavy atom. The van der Waals surface area contributed by atoms with Crippen LogP contribution in [0.3, 0.4) is 0 Å². The third-order valence-corrected chi connectivity index (χ3v) is 5.22. The van der Waals surface area contributed by atoms with Gasteiger partial charge in [0.1, 0.15) is 11.9 Å². The number of nitrogens with zero attached hydrogens (tertiary/aromatic N) is 3. The number of hydrogen-bond acceptors (Lipinski definition) is 4. The van der Waals surface area contributed by atoms with Crippen LogP contribution in [0, 0.1) is 0 Å². The fourth-order valence-electron chi connectivity index (χ4n) is 3.51. The van der Waals surface area contributed by atoms with E-state index in [1.807, 2.05) is 23.1 Å². The quantitative estimate of drug-likeness (QED) is 0.374. The lowest BCUT2D eigenvalue weighted by Crippen LogP contribution is -2.55. The molecule has 2 aliphatic rings. The van der Waals surface area contributed by atoms with Crippen LogP contribution in [0.25, 0.3) is 0 Å². The van der Waals surface area contributed by atoms with Gasteiger partial charge in [-0.15, -0.1) is 24.0 Å². The molecular formula is C19H28ClIN4O3. The van der Waals surface area contributed by atoms with Gasteiger partial charge in [-0.1, -0.05) is 11.6 Å². The number of nitrogens with one attached hydrogen (secondary N) is 1. The Bertz CT molecular complexity index is 690. The van der Waals surface area contributed by atoms with Crippen molar-refractivity contribution in [1.29, 1.82) is 0 Å². The molecule has 1 atom stereocenters. The van der Waals surface area contributed by atoms with E-state index in [4.69, 9.17) is 21.1 Å². The van der Waals surface area contributed by atoms with Gasteiger partial charge in [-0.3, -0.25) is 9.79 Å². The number of rotatable bonds is 4. The number of halogens is 2. The minimum atomic E-state index is -0.246. The van der Waals surface area contributed by atoms with Gasteiger partial charge < -0.3 is 24.6 Å². The Hall–Kier alpha value is -1.26. The number of guanidine groups is 1. The van der Waals surface area contributed by atoms with Gasteiger partial charge >= 0.3 is 0 Å². The van der Waals surface area contributed by atoms with Gasteiger partial charge in [0.05, 0.1) is 7.11 Å². The van der Waals surface area contributed by atoms with E-state index in [2.05, 4.69) is 15.2 Å². The van der Waals surface area contributed by atoms with E-state index in [0.717, 1.165) is 43.2 Å². The molecule has 7 nitrogen and oxygen atoms in total. The van der Waals surface area contributed by atoms with Crippen molar-refractivity contribution in [2.45, 2.75) is 25.5 Å². The molecule has 0 aromatic heterocycles. The Labute approximate surface area is 188 Å². The first-order valence-electron chi connectivity index (χ1n) is 9.30. The average Bonchev–Trinajstić information content (AvgIpc) is 3.23. The van der Waals surface area contributed by atoms with Crippen molar-refractivity contribution in [2.75, 3.05) is 46.9 Å². The lowest BCUT2D eigenvalue weighted by atomic mass is 10.2. The van der Waals surface area contributed by atoms with Crippen molar-refractivity contribution in [2.24, 2.45) is 4.99 Å². The molecule has 2 saturated heterocycles. The molecule has 28 heavy (non-hydrogen) atoms. The monoisotopic (exact) mass is 522 g/mol. The maximum atomic E-state index is 12.5. The number of hydrogen-bond donors (Lipinski definition) is 1. The Kier molecular flexibility index (Phi) is 9.10. The SMILES string of the molecule is CN=C(NCc1cc(Cl)ccc1OC)N1CCN(C(=O)C2CCCO2)CC1.I. The predicted octanol–water partition coefficient (Wildman–Crippen LogP) is 2.37. The molecule has 1 aromatic carbocycles. The summed E-state index contributed by atoms with van der Waals surface area (Å²) in [6.45, 7) is 4.10. The van der Waals surface area contributed by atoms with Gasteiger partial charge in [0.2, 0.25) is 0 Å². The van der Waals surface area contributed by atoms with Crippen LogP contribution in [-0.4, -0.2) is 74.7 Å². The number of benzene rings is 1. The molecule has 2 heterocycles. The first kappa shape index (κ1) is 23.0. The summed E-state index contributed by atoms with van der Waals surface area (Å²) in [5.41, 5.74) is 0.971. The van der Waals surface area contributed by atoms with Gasteiger partial charge in [-0.05, 0) is 31.0 Å². The standard InChI is InChI=1S/C19H27ClN4O3.HI/c1-21-19(22-13-14-12-15(20)5-6-16(14)26-2)24-9-7-23(8-10-24)18(25)17-4-3-11-27-17;/h5-6,12,17H,3-4,7-11,13H2,1-2H3,(H,21,22);1H. The number of ether oxygens (including phenoxy) is 2. The molecule has 1 unspecified atom stereocenters. The maximum absolute atomic E-state index is 12.5. The Morgan fingerprint density at radius 3 is 2.64 bits per heavy atom. The highest BCUT2D eigenvalue weighted by Gasteiger charge is 2.30. The molecule has 3 rings (SSSR count). The smallest absolute Gasteiger partial charge is 0.251 e. The minimum Gasteiger partial charge on any atom is -0.496 e. The molecule has 1 amide bonds. The Balaban J connectivity index is 0.00000280. The number of carbonyl (C=O) groups excluding carboxylic acids is 1. The molecule has 0 bridgehead atoms. The highest BCUT2D eigenvalue weighted by molar-refractivity contribution is 14.0. The van der Waals surface area contributed by atoms with Crippen molar-refractivity contribution in [1.82, 2.24) is 15.1 Å². The molecule has 1 N–H and O–H groups in total. The largest absolute Gasteiger partial charge is 0.496 e. The van der Waals surface area contributed by atoms with Gasteiger partial charge in [-0.25, -0.2) is 0 Å². The van der Waals surface area contributed by atoms with Crippen molar-refractivity contribution >= 4 is 47.4 Å². The fourth-order valence-corrected chi connectivity index (χ4v) is 3.70. The summed E-state index contributed by atoms with van der Waals surface area (Å²) in [5.74, 6) is 1.72. The molecule has 0 spiro atoms. The summed E-state index contributed by atoms with van der Waals surface area (Å²) >= 11 is 6.10. The van der Waals surface area contributed by atoms with Gasteiger partial charge in [0.15, 0.2) is 5.96 Å². The summed E-state index contributed by atoms with van der Waals surface area (Å²) in [4.78, 5) is 20.9. The Morgan fingerprint density at radius 2 is 2.04 bits per heavy atom. The second kappa shape index (κ2) is 11.1. The second-order valence-electron chi connectivity index (χ2n) is 6.67. The second-order valence-corrected chi connectivity index (χ2v) is 7.11. The molecule has 156 valence electrons. The van der Waals surface area contributed by atoms with Crippen molar-refractivity contribution < 1.29 is 14.3 Å². The van der Waals surface area contributed by atoms with Crippen LogP contribution in [0.15, 0.2) is 23.2 Å². The lowest BCUT2D eigenvalue weighted by molar-refractivity contribution is -0.142. The third kappa shape index (κ3) is 5.64. The number of piperazine rings is 1. The lowest BCUT2D eigenvalue weighted by Gasteiger charge is -2.37. The number of methoxy groups -OCH3 is 1. The summed E-state index contributed by atoms with van der Waals surface area (Å²) in [6.07, 6.45) is 1.56. The van der Waals surface area contributed by atoms with Crippen molar-refractivity contribution in [3.05, 3.63) is 28.8 Å². The van der Waals surface area contributed by atoms with Crippen LogP contribution >= 0.6 is 35.6 Å². The normalized spacial score (nSPS) is 20.0. The number of amides is 1. The highest BCUT2D eigenvalue weighted by atomic mass is 127. The molecule has 2 aliphatic heterocycles. The van der Waals surface area contributed by atoms with Crippen LogP contribution in [0.5, 0.6) is 5.75 Å². The highest BCUT2D eigenvalue weighted by Crippen LogP contribution is 2.22. The number of aliphatic imine (C=N–C) groups is 1.